The minimum absolute atomic E-state index is 0.493. The van der Waals surface area contributed by atoms with Crippen molar-refractivity contribution in [2.24, 2.45) is 10.2 Å². The van der Waals surface area contributed by atoms with Crippen molar-refractivity contribution in [3.05, 3.63) is 41.5 Å². The summed E-state index contributed by atoms with van der Waals surface area (Å²) >= 11 is 1.28. The SMILES string of the molecule is Cc1c(N=Nc2ccccc2)sc(N)c1C#N. The van der Waals surface area contributed by atoms with Gasteiger partial charge in [-0.2, -0.15) is 5.26 Å². The Labute approximate surface area is 103 Å². The van der Waals surface area contributed by atoms with Crippen LogP contribution >= 0.6 is 11.3 Å². The molecule has 5 heteroatoms. The van der Waals surface area contributed by atoms with E-state index in [1.807, 2.05) is 37.3 Å². The molecule has 2 aromatic rings. The minimum atomic E-state index is 0.493. The Morgan fingerprint density at radius 3 is 2.53 bits per heavy atom. The van der Waals surface area contributed by atoms with Crippen LogP contribution in [-0.2, 0) is 0 Å². The van der Waals surface area contributed by atoms with Crippen molar-refractivity contribution in [2.75, 3.05) is 5.73 Å². The van der Waals surface area contributed by atoms with Gasteiger partial charge in [0.15, 0.2) is 0 Å². The highest BCUT2D eigenvalue weighted by Crippen LogP contribution is 2.37. The molecular weight excluding hydrogens is 232 g/mol. The first kappa shape index (κ1) is 11.3. The third kappa shape index (κ3) is 2.32. The van der Waals surface area contributed by atoms with Crippen molar-refractivity contribution in [1.82, 2.24) is 0 Å². The van der Waals surface area contributed by atoms with Crippen LogP contribution in [0.5, 0.6) is 0 Å². The lowest BCUT2D eigenvalue weighted by atomic mass is 10.2. The molecule has 0 atom stereocenters. The van der Waals surface area contributed by atoms with Crippen LogP contribution in [-0.4, -0.2) is 0 Å². The molecule has 0 aliphatic rings. The van der Waals surface area contributed by atoms with Gasteiger partial charge in [-0.15, -0.1) is 10.2 Å². The second-order valence-electron chi connectivity index (χ2n) is 3.42. The zero-order valence-electron chi connectivity index (χ0n) is 9.21. The third-order valence-electron chi connectivity index (χ3n) is 2.27. The molecule has 0 spiro atoms. The van der Waals surface area contributed by atoms with Gasteiger partial charge in [-0.3, -0.25) is 0 Å². The van der Waals surface area contributed by atoms with E-state index < -0.39 is 0 Å². The summed E-state index contributed by atoms with van der Waals surface area (Å²) in [5.41, 5.74) is 7.78. The Kier molecular flexibility index (Phi) is 3.17. The van der Waals surface area contributed by atoms with Crippen LogP contribution in [0.15, 0.2) is 40.6 Å². The van der Waals surface area contributed by atoms with Crippen LogP contribution < -0.4 is 5.73 Å². The maximum absolute atomic E-state index is 8.90. The predicted molar refractivity (Wildman–Crippen MR) is 68.8 cm³/mol. The molecule has 84 valence electrons. The molecule has 1 heterocycles. The fraction of sp³-hybridized carbons (Fsp3) is 0.0833. The quantitative estimate of drug-likeness (QED) is 0.810. The fourth-order valence-electron chi connectivity index (χ4n) is 1.36. The number of nitriles is 1. The molecule has 0 radical (unpaired) electrons. The zero-order valence-corrected chi connectivity index (χ0v) is 10.0. The Balaban J connectivity index is 2.32. The van der Waals surface area contributed by atoms with Crippen molar-refractivity contribution in [3.8, 4) is 6.07 Å². The number of anilines is 1. The molecule has 1 aromatic carbocycles. The number of thiophene rings is 1. The highest BCUT2D eigenvalue weighted by Gasteiger charge is 2.11. The molecule has 0 amide bonds. The number of hydrogen-bond donors (Lipinski definition) is 1. The average Bonchev–Trinajstić information content (AvgIpc) is 2.63. The Bertz CT molecular complexity index is 593. The minimum Gasteiger partial charge on any atom is -0.389 e. The lowest BCUT2D eigenvalue weighted by molar-refractivity contribution is 1.24. The molecule has 0 aliphatic heterocycles. The van der Waals surface area contributed by atoms with Gasteiger partial charge in [0.2, 0.25) is 0 Å². The molecule has 1 aromatic heterocycles. The summed E-state index contributed by atoms with van der Waals surface area (Å²) in [5, 5.41) is 18.3. The number of nitrogens with two attached hydrogens (primary N) is 1. The predicted octanol–water partition coefficient (Wildman–Crippen LogP) is 3.93. The molecule has 2 rings (SSSR count). The maximum Gasteiger partial charge on any atom is 0.145 e. The summed E-state index contributed by atoms with van der Waals surface area (Å²) < 4.78 is 0. The van der Waals surface area contributed by atoms with Crippen LogP contribution in [0.1, 0.15) is 11.1 Å². The zero-order chi connectivity index (χ0) is 12.3. The summed E-state index contributed by atoms with van der Waals surface area (Å²) in [6, 6.07) is 11.5. The van der Waals surface area contributed by atoms with E-state index in [0.717, 1.165) is 11.3 Å². The molecule has 0 saturated carbocycles. The Hall–Kier alpha value is -2.19. The van der Waals surface area contributed by atoms with Crippen LogP contribution in [0.25, 0.3) is 0 Å². The van der Waals surface area contributed by atoms with Gasteiger partial charge in [0.1, 0.15) is 16.1 Å². The highest BCUT2D eigenvalue weighted by molar-refractivity contribution is 7.20. The molecule has 17 heavy (non-hydrogen) atoms. The lowest BCUT2D eigenvalue weighted by Gasteiger charge is -1.90. The van der Waals surface area contributed by atoms with Crippen LogP contribution in [0.3, 0.4) is 0 Å². The van der Waals surface area contributed by atoms with E-state index in [-0.39, 0.29) is 0 Å². The van der Waals surface area contributed by atoms with Gasteiger partial charge in [-0.1, -0.05) is 29.5 Å². The van der Waals surface area contributed by atoms with Gasteiger partial charge in [0, 0.05) is 5.56 Å². The van der Waals surface area contributed by atoms with Gasteiger partial charge in [0.05, 0.1) is 11.3 Å². The average molecular weight is 242 g/mol. The monoisotopic (exact) mass is 242 g/mol. The first-order valence-corrected chi connectivity index (χ1v) is 5.79. The van der Waals surface area contributed by atoms with Gasteiger partial charge in [0.25, 0.3) is 0 Å². The number of benzene rings is 1. The van der Waals surface area contributed by atoms with Gasteiger partial charge < -0.3 is 5.73 Å². The number of rotatable bonds is 2. The standard InChI is InChI=1S/C12H10N4S/c1-8-10(7-13)11(14)17-12(8)16-15-9-5-3-2-4-6-9/h2-6H,14H2,1H3. The molecule has 0 unspecified atom stereocenters. The summed E-state index contributed by atoms with van der Waals surface area (Å²) in [6.45, 7) is 1.82. The summed E-state index contributed by atoms with van der Waals surface area (Å²) in [5.74, 6) is 0. The molecule has 4 nitrogen and oxygen atoms in total. The largest absolute Gasteiger partial charge is 0.389 e. The number of hydrogen-bond acceptors (Lipinski definition) is 5. The van der Waals surface area contributed by atoms with Gasteiger partial charge in [-0.25, -0.2) is 0 Å². The summed E-state index contributed by atoms with van der Waals surface area (Å²) in [7, 11) is 0. The molecule has 0 saturated heterocycles. The van der Waals surface area contributed by atoms with E-state index in [1.165, 1.54) is 11.3 Å². The Morgan fingerprint density at radius 1 is 1.24 bits per heavy atom. The number of azo groups is 1. The number of nitrogens with zero attached hydrogens (tertiary/aromatic N) is 3. The lowest BCUT2D eigenvalue weighted by Crippen LogP contribution is -1.83. The van der Waals surface area contributed by atoms with Crippen LogP contribution in [0.2, 0.25) is 0 Å². The van der Waals surface area contributed by atoms with Gasteiger partial charge in [-0.05, 0) is 19.1 Å². The smallest absolute Gasteiger partial charge is 0.145 e. The first-order chi connectivity index (χ1) is 8.22. The van der Waals surface area contributed by atoms with E-state index in [4.69, 9.17) is 11.0 Å². The van der Waals surface area contributed by atoms with Crippen molar-refractivity contribution < 1.29 is 0 Å². The second kappa shape index (κ2) is 4.76. The van der Waals surface area contributed by atoms with E-state index >= 15 is 0 Å². The molecule has 0 bridgehead atoms. The van der Waals surface area contributed by atoms with E-state index in [2.05, 4.69) is 16.3 Å². The third-order valence-corrected chi connectivity index (χ3v) is 3.28. The first-order valence-electron chi connectivity index (χ1n) is 4.98. The fourth-order valence-corrected chi connectivity index (χ4v) is 2.20. The van der Waals surface area contributed by atoms with Crippen LogP contribution in [0, 0.1) is 18.3 Å². The van der Waals surface area contributed by atoms with E-state index in [1.54, 1.807) is 0 Å². The van der Waals surface area contributed by atoms with Crippen molar-refractivity contribution >= 4 is 27.0 Å². The van der Waals surface area contributed by atoms with Crippen molar-refractivity contribution in [2.45, 2.75) is 6.92 Å². The van der Waals surface area contributed by atoms with Crippen molar-refractivity contribution in [1.29, 1.82) is 5.26 Å². The molecule has 0 fully saturated rings. The summed E-state index contributed by atoms with van der Waals surface area (Å²) in [4.78, 5) is 0. The van der Waals surface area contributed by atoms with Gasteiger partial charge >= 0.3 is 0 Å². The van der Waals surface area contributed by atoms with Crippen molar-refractivity contribution in [3.63, 3.8) is 0 Å². The molecular formula is C12H10N4S. The maximum atomic E-state index is 8.90. The van der Waals surface area contributed by atoms with E-state index in [9.17, 15) is 0 Å². The molecule has 0 aliphatic carbocycles. The van der Waals surface area contributed by atoms with Crippen LogP contribution in [0.4, 0.5) is 15.7 Å². The molecule has 2 N–H and O–H groups in total. The second-order valence-corrected chi connectivity index (χ2v) is 4.45. The highest BCUT2D eigenvalue weighted by atomic mass is 32.1. The Morgan fingerprint density at radius 2 is 1.94 bits per heavy atom. The normalized spacial score (nSPS) is 10.6. The topological polar surface area (TPSA) is 74.5 Å². The summed E-state index contributed by atoms with van der Waals surface area (Å²) in [6.07, 6.45) is 0. The number of nitrogen functional groups attached to an aromatic ring is 1. The van der Waals surface area contributed by atoms with E-state index in [0.29, 0.717) is 15.6 Å².